The number of carboxylic acid groups (broad SMARTS) is 1. The minimum Gasteiger partial charge on any atom is -0.478 e. The molecular formula is C14H20N4O2. The van der Waals surface area contributed by atoms with E-state index in [9.17, 15) is 4.79 Å². The van der Waals surface area contributed by atoms with E-state index in [0.29, 0.717) is 17.6 Å². The summed E-state index contributed by atoms with van der Waals surface area (Å²) >= 11 is 0. The van der Waals surface area contributed by atoms with E-state index in [4.69, 9.17) is 5.11 Å². The van der Waals surface area contributed by atoms with Crippen LogP contribution in [-0.4, -0.2) is 59.2 Å². The molecule has 6 nitrogen and oxygen atoms in total. The van der Waals surface area contributed by atoms with Gasteiger partial charge in [0, 0.05) is 43.7 Å². The lowest BCUT2D eigenvalue weighted by atomic mass is 10.2. The second-order valence-electron chi connectivity index (χ2n) is 5.15. The first-order valence-corrected chi connectivity index (χ1v) is 6.70. The van der Waals surface area contributed by atoms with E-state index in [0.717, 1.165) is 19.2 Å². The van der Waals surface area contributed by atoms with E-state index in [-0.39, 0.29) is 0 Å². The monoisotopic (exact) mass is 276 g/mol. The highest BCUT2D eigenvalue weighted by atomic mass is 16.4. The molecule has 1 unspecified atom stereocenters. The van der Waals surface area contributed by atoms with Gasteiger partial charge in [0.25, 0.3) is 0 Å². The summed E-state index contributed by atoms with van der Waals surface area (Å²) in [6, 6.07) is 0.551. The second-order valence-corrected chi connectivity index (χ2v) is 5.15. The first-order valence-electron chi connectivity index (χ1n) is 6.70. The molecule has 1 atom stereocenters. The summed E-state index contributed by atoms with van der Waals surface area (Å²) in [4.78, 5) is 23.4. The molecule has 1 saturated heterocycles. The van der Waals surface area contributed by atoms with Crippen molar-refractivity contribution in [2.24, 2.45) is 0 Å². The summed E-state index contributed by atoms with van der Waals surface area (Å²) in [5.41, 5.74) is 0.683. The zero-order chi connectivity index (χ0) is 14.5. The Morgan fingerprint density at radius 1 is 1.55 bits per heavy atom. The number of hydrogen-bond acceptors (Lipinski definition) is 5. The van der Waals surface area contributed by atoms with Crippen molar-refractivity contribution >= 4 is 18.0 Å². The lowest BCUT2D eigenvalue weighted by molar-refractivity contribution is -0.131. The molecule has 2 heterocycles. The van der Waals surface area contributed by atoms with Crippen LogP contribution in [0.5, 0.6) is 0 Å². The molecule has 1 aliphatic rings. The molecule has 1 aromatic rings. The topological polar surface area (TPSA) is 69.6 Å². The lowest BCUT2D eigenvalue weighted by Crippen LogP contribution is -2.37. The van der Waals surface area contributed by atoms with Gasteiger partial charge in [-0.25, -0.2) is 14.8 Å². The average molecular weight is 276 g/mol. The predicted molar refractivity (Wildman–Crippen MR) is 77.6 cm³/mol. The normalized spacial score (nSPS) is 19.6. The highest BCUT2D eigenvalue weighted by molar-refractivity contribution is 5.85. The molecule has 0 aromatic carbocycles. The van der Waals surface area contributed by atoms with E-state index in [1.807, 2.05) is 11.9 Å². The summed E-state index contributed by atoms with van der Waals surface area (Å²) in [6.45, 7) is 2.05. The Bertz CT molecular complexity index is 486. The van der Waals surface area contributed by atoms with Crippen molar-refractivity contribution in [1.82, 2.24) is 14.9 Å². The molecule has 1 fully saturated rings. The molecule has 0 bridgehead atoms. The van der Waals surface area contributed by atoms with Crippen LogP contribution in [0.2, 0.25) is 0 Å². The molecule has 0 aliphatic carbocycles. The van der Waals surface area contributed by atoms with Crippen molar-refractivity contribution in [3.63, 3.8) is 0 Å². The lowest BCUT2D eigenvalue weighted by Gasteiger charge is -2.25. The van der Waals surface area contributed by atoms with E-state index in [2.05, 4.69) is 21.9 Å². The van der Waals surface area contributed by atoms with E-state index >= 15 is 0 Å². The minimum atomic E-state index is -0.976. The standard InChI is InChI=1S/C14H20N4O2/c1-17-7-3-4-12(17)10-18(2)14-15-8-11(9-16-14)5-6-13(19)20/h5-6,8-9,12H,3-4,7,10H2,1-2H3,(H,19,20)/b6-5+. The Morgan fingerprint density at radius 3 is 2.80 bits per heavy atom. The molecule has 0 radical (unpaired) electrons. The largest absolute Gasteiger partial charge is 0.478 e. The first-order chi connectivity index (χ1) is 9.56. The van der Waals surface area contributed by atoms with E-state index in [1.165, 1.54) is 18.9 Å². The third kappa shape index (κ3) is 3.77. The summed E-state index contributed by atoms with van der Waals surface area (Å²) in [5, 5.41) is 8.56. The van der Waals surface area contributed by atoms with Gasteiger partial charge in [0.2, 0.25) is 5.95 Å². The highest BCUT2D eigenvalue weighted by Crippen LogP contribution is 2.17. The van der Waals surface area contributed by atoms with Crippen molar-refractivity contribution < 1.29 is 9.90 Å². The van der Waals surface area contributed by atoms with Crippen LogP contribution in [-0.2, 0) is 4.79 Å². The smallest absolute Gasteiger partial charge is 0.328 e. The number of likely N-dealkylation sites (N-methyl/N-ethyl adjacent to an activating group) is 2. The number of carbonyl (C=O) groups is 1. The van der Waals surface area contributed by atoms with Crippen molar-refractivity contribution in [2.45, 2.75) is 18.9 Å². The number of anilines is 1. The van der Waals surface area contributed by atoms with Gasteiger partial charge in [-0.2, -0.15) is 0 Å². The molecule has 2 rings (SSSR count). The van der Waals surface area contributed by atoms with Gasteiger partial charge in [0.05, 0.1) is 0 Å². The quantitative estimate of drug-likeness (QED) is 0.812. The van der Waals surface area contributed by atoms with Crippen LogP contribution in [0.3, 0.4) is 0 Å². The number of carboxylic acids is 1. The third-order valence-electron chi connectivity index (χ3n) is 3.57. The number of aromatic nitrogens is 2. The van der Waals surface area contributed by atoms with Gasteiger partial charge in [-0.05, 0) is 32.5 Å². The molecule has 6 heteroatoms. The molecule has 1 aromatic heterocycles. The molecule has 20 heavy (non-hydrogen) atoms. The van der Waals surface area contributed by atoms with Crippen LogP contribution in [0.15, 0.2) is 18.5 Å². The first kappa shape index (κ1) is 14.5. The molecule has 1 aliphatic heterocycles. The van der Waals surface area contributed by atoms with Crippen LogP contribution in [0.25, 0.3) is 6.08 Å². The maximum Gasteiger partial charge on any atom is 0.328 e. The maximum absolute atomic E-state index is 10.4. The van der Waals surface area contributed by atoms with E-state index in [1.54, 1.807) is 12.4 Å². The number of likely N-dealkylation sites (tertiary alicyclic amines) is 1. The highest BCUT2D eigenvalue weighted by Gasteiger charge is 2.22. The van der Waals surface area contributed by atoms with Crippen LogP contribution in [0, 0.1) is 0 Å². The van der Waals surface area contributed by atoms with Crippen LogP contribution >= 0.6 is 0 Å². The van der Waals surface area contributed by atoms with E-state index < -0.39 is 5.97 Å². The van der Waals surface area contributed by atoms with Crippen LogP contribution < -0.4 is 4.90 Å². The summed E-state index contributed by atoms with van der Waals surface area (Å²) in [7, 11) is 4.13. The summed E-state index contributed by atoms with van der Waals surface area (Å²) in [6.07, 6.45) is 8.29. The number of hydrogen-bond donors (Lipinski definition) is 1. The van der Waals surface area contributed by atoms with Crippen molar-refractivity contribution in [1.29, 1.82) is 0 Å². The van der Waals surface area contributed by atoms with Gasteiger partial charge < -0.3 is 14.9 Å². The van der Waals surface area contributed by atoms with Gasteiger partial charge in [-0.3, -0.25) is 0 Å². The molecule has 108 valence electrons. The Hall–Kier alpha value is -1.95. The van der Waals surface area contributed by atoms with Gasteiger partial charge >= 0.3 is 5.97 Å². The number of aliphatic carboxylic acids is 1. The fraction of sp³-hybridized carbons (Fsp3) is 0.500. The fourth-order valence-electron chi connectivity index (χ4n) is 2.39. The molecule has 0 saturated carbocycles. The number of rotatable bonds is 5. The molecular weight excluding hydrogens is 256 g/mol. The molecule has 0 spiro atoms. The summed E-state index contributed by atoms with van der Waals surface area (Å²) in [5.74, 6) is -0.312. The second kappa shape index (κ2) is 6.47. The average Bonchev–Trinajstić information content (AvgIpc) is 2.82. The van der Waals surface area contributed by atoms with Gasteiger partial charge in [0.15, 0.2) is 0 Å². The Balaban J connectivity index is 1.96. The van der Waals surface area contributed by atoms with Crippen molar-refractivity contribution in [2.75, 3.05) is 32.1 Å². The van der Waals surface area contributed by atoms with Gasteiger partial charge in [0.1, 0.15) is 0 Å². The zero-order valence-electron chi connectivity index (χ0n) is 11.9. The molecule has 0 amide bonds. The Labute approximate surface area is 118 Å². The van der Waals surface area contributed by atoms with Gasteiger partial charge in [-0.15, -0.1) is 0 Å². The van der Waals surface area contributed by atoms with Crippen LogP contribution in [0.4, 0.5) is 5.95 Å². The Kier molecular flexibility index (Phi) is 4.68. The summed E-state index contributed by atoms with van der Waals surface area (Å²) < 4.78 is 0. The third-order valence-corrected chi connectivity index (χ3v) is 3.57. The Morgan fingerprint density at radius 2 is 2.25 bits per heavy atom. The van der Waals surface area contributed by atoms with Crippen molar-refractivity contribution in [3.8, 4) is 0 Å². The predicted octanol–water partition coefficient (Wildman–Crippen LogP) is 1.10. The maximum atomic E-state index is 10.4. The van der Waals surface area contributed by atoms with Crippen molar-refractivity contribution in [3.05, 3.63) is 24.0 Å². The fourth-order valence-corrected chi connectivity index (χ4v) is 2.39. The zero-order valence-corrected chi connectivity index (χ0v) is 11.9. The van der Waals surface area contributed by atoms with Gasteiger partial charge in [-0.1, -0.05) is 0 Å². The minimum absolute atomic E-state index is 0.551. The number of nitrogens with zero attached hydrogens (tertiary/aromatic N) is 4. The van der Waals surface area contributed by atoms with Crippen LogP contribution in [0.1, 0.15) is 18.4 Å². The SMILES string of the molecule is CN(CC1CCCN1C)c1ncc(/C=C/C(=O)O)cn1. The molecule has 1 N–H and O–H groups in total.